The van der Waals surface area contributed by atoms with Crippen molar-refractivity contribution in [3.63, 3.8) is 0 Å². The highest BCUT2D eigenvalue weighted by Gasteiger charge is 2.33. The van der Waals surface area contributed by atoms with Crippen LogP contribution in [-0.2, 0) is 9.59 Å². The summed E-state index contributed by atoms with van der Waals surface area (Å²) in [4.78, 5) is 27.5. The summed E-state index contributed by atoms with van der Waals surface area (Å²) in [6.45, 7) is 4.08. The zero-order valence-corrected chi connectivity index (χ0v) is 23.3. The van der Waals surface area contributed by atoms with Gasteiger partial charge in [-0.25, -0.2) is 0 Å². The summed E-state index contributed by atoms with van der Waals surface area (Å²) in [5.41, 5.74) is 2.79. The number of benzene rings is 3. The Morgan fingerprint density at radius 3 is 2.58 bits per heavy atom. The van der Waals surface area contributed by atoms with E-state index < -0.39 is 0 Å². The van der Waals surface area contributed by atoms with E-state index in [9.17, 15) is 9.59 Å². The van der Waals surface area contributed by atoms with E-state index in [0.29, 0.717) is 43.7 Å². The SMILES string of the molecule is CCOc1ccc(N2C(=O)/C(=C/c3ccc(OCC(=O)Nc4cccc(Cl)c4C)c(OC)c3)SC2=S)cc1. The summed E-state index contributed by atoms with van der Waals surface area (Å²) in [6, 6.07) is 17.7. The van der Waals surface area contributed by atoms with Crippen molar-refractivity contribution in [2.75, 3.05) is 30.5 Å². The Kier molecular flexibility index (Phi) is 8.93. The van der Waals surface area contributed by atoms with Crippen LogP contribution in [0.15, 0.2) is 65.6 Å². The van der Waals surface area contributed by atoms with E-state index in [1.165, 1.54) is 23.8 Å². The summed E-state index contributed by atoms with van der Waals surface area (Å²) in [7, 11) is 1.51. The Labute approximate surface area is 235 Å². The Morgan fingerprint density at radius 1 is 1.11 bits per heavy atom. The van der Waals surface area contributed by atoms with Gasteiger partial charge in [-0.05, 0) is 79.6 Å². The van der Waals surface area contributed by atoms with Crippen LogP contribution in [-0.4, -0.2) is 36.5 Å². The molecule has 10 heteroatoms. The normalized spacial score (nSPS) is 14.1. The first-order valence-corrected chi connectivity index (χ1v) is 13.3. The smallest absolute Gasteiger partial charge is 0.270 e. The van der Waals surface area contributed by atoms with E-state index in [2.05, 4.69) is 5.32 Å². The monoisotopic (exact) mass is 568 g/mol. The molecule has 1 N–H and O–H groups in total. The number of hydrogen-bond acceptors (Lipinski definition) is 7. The van der Waals surface area contributed by atoms with Crippen molar-refractivity contribution in [3.05, 3.63) is 81.7 Å². The zero-order chi connectivity index (χ0) is 27.2. The Morgan fingerprint density at radius 2 is 1.87 bits per heavy atom. The minimum atomic E-state index is -0.334. The third-order valence-electron chi connectivity index (χ3n) is 5.59. The lowest BCUT2D eigenvalue weighted by molar-refractivity contribution is -0.118. The molecule has 196 valence electrons. The second-order valence-corrected chi connectivity index (χ2v) is 10.2. The first kappa shape index (κ1) is 27.5. The van der Waals surface area contributed by atoms with Gasteiger partial charge in [0.1, 0.15) is 5.75 Å². The van der Waals surface area contributed by atoms with E-state index in [1.807, 2.05) is 13.8 Å². The number of nitrogens with one attached hydrogen (secondary N) is 1. The molecule has 1 fully saturated rings. The molecule has 1 aliphatic heterocycles. The molecule has 38 heavy (non-hydrogen) atoms. The highest BCUT2D eigenvalue weighted by molar-refractivity contribution is 8.27. The number of methoxy groups -OCH3 is 1. The molecule has 0 unspecified atom stereocenters. The molecule has 0 spiro atoms. The molecule has 3 aromatic rings. The number of carbonyl (C=O) groups is 2. The van der Waals surface area contributed by atoms with Crippen LogP contribution in [0, 0.1) is 6.92 Å². The van der Waals surface area contributed by atoms with Crippen LogP contribution in [0.25, 0.3) is 6.08 Å². The molecule has 0 aliphatic carbocycles. The second kappa shape index (κ2) is 12.3. The maximum atomic E-state index is 13.1. The van der Waals surface area contributed by atoms with Crippen LogP contribution in [0.4, 0.5) is 11.4 Å². The van der Waals surface area contributed by atoms with Crippen LogP contribution in [0.2, 0.25) is 5.02 Å². The number of anilines is 2. The number of hydrogen-bond donors (Lipinski definition) is 1. The number of halogens is 1. The lowest BCUT2D eigenvalue weighted by atomic mass is 10.1. The summed E-state index contributed by atoms with van der Waals surface area (Å²) >= 11 is 12.8. The number of carbonyl (C=O) groups excluding carboxylic acids is 2. The molecule has 1 heterocycles. The van der Waals surface area contributed by atoms with Crippen LogP contribution in [0.3, 0.4) is 0 Å². The first-order valence-electron chi connectivity index (χ1n) is 11.7. The molecule has 0 bridgehead atoms. The number of thiocarbonyl (C=S) groups is 1. The summed E-state index contributed by atoms with van der Waals surface area (Å²) in [6.07, 6.45) is 1.74. The van der Waals surface area contributed by atoms with Gasteiger partial charge in [-0.2, -0.15) is 0 Å². The number of ether oxygens (including phenoxy) is 3. The van der Waals surface area contributed by atoms with Gasteiger partial charge in [-0.15, -0.1) is 0 Å². The molecule has 4 rings (SSSR count). The highest BCUT2D eigenvalue weighted by atomic mass is 35.5. The molecular weight excluding hydrogens is 544 g/mol. The van der Waals surface area contributed by atoms with E-state index in [0.717, 1.165) is 16.9 Å². The van der Waals surface area contributed by atoms with Crippen molar-refractivity contribution in [2.45, 2.75) is 13.8 Å². The quantitative estimate of drug-likeness (QED) is 0.234. The molecule has 1 saturated heterocycles. The molecular formula is C28H25ClN2O5S2. The average molecular weight is 569 g/mol. The Balaban J connectivity index is 1.44. The second-order valence-electron chi connectivity index (χ2n) is 8.10. The fourth-order valence-electron chi connectivity index (χ4n) is 3.67. The molecule has 0 saturated carbocycles. The van der Waals surface area contributed by atoms with Gasteiger partial charge in [0.05, 0.1) is 24.3 Å². The molecule has 0 aromatic heterocycles. The van der Waals surface area contributed by atoms with Crippen molar-refractivity contribution in [1.29, 1.82) is 0 Å². The summed E-state index contributed by atoms with van der Waals surface area (Å²) < 4.78 is 17.1. The molecule has 7 nitrogen and oxygen atoms in total. The minimum absolute atomic E-state index is 0.212. The lowest BCUT2D eigenvalue weighted by Gasteiger charge is -2.15. The van der Waals surface area contributed by atoms with Gasteiger partial charge in [0.15, 0.2) is 22.4 Å². The van der Waals surface area contributed by atoms with E-state index in [4.69, 9.17) is 38.0 Å². The topological polar surface area (TPSA) is 77.1 Å². The Hall–Kier alpha value is -3.53. The molecule has 3 aromatic carbocycles. The van der Waals surface area contributed by atoms with Crippen LogP contribution >= 0.6 is 35.6 Å². The predicted octanol–water partition coefficient (Wildman–Crippen LogP) is 6.48. The minimum Gasteiger partial charge on any atom is -0.494 e. The third kappa shape index (κ3) is 6.30. The number of thioether (sulfide) groups is 1. The van der Waals surface area contributed by atoms with Gasteiger partial charge in [-0.3, -0.25) is 14.5 Å². The van der Waals surface area contributed by atoms with Gasteiger partial charge in [0, 0.05) is 10.7 Å². The third-order valence-corrected chi connectivity index (χ3v) is 7.30. The molecule has 0 radical (unpaired) electrons. The van der Waals surface area contributed by atoms with Crippen molar-refractivity contribution in [3.8, 4) is 17.2 Å². The van der Waals surface area contributed by atoms with Crippen molar-refractivity contribution >= 4 is 69.2 Å². The van der Waals surface area contributed by atoms with Crippen molar-refractivity contribution in [1.82, 2.24) is 0 Å². The maximum Gasteiger partial charge on any atom is 0.270 e. The van der Waals surface area contributed by atoms with Crippen LogP contribution < -0.4 is 24.4 Å². The van der Waals surface area contributed by atoms with Gasteiger partial charge in [0.25, 0.3) is 11.8 Å². The average Bonchev–Trinajstić information content (AvgIpc) is 3.18. The first-order chi connectivity index (χ1) is 18.3. The van der Waals surface area contributed by atoms with Gasteiger partial charge in [-0.1, -0.05) is 47.7 Å². The summed E-state index contributed by atoms with van der Waals surface area (Å²) in [5.74, 6) is 0.997. The number of amides is 2. The fourth-order valence-corrected chi connectivity index (χ4v) is 5.14. The van der Waals surface area contributed by atoms with E-state index in [1.54, 1.807) is 66.7 Å². The zero-order valence-electron chi connectivity index (χ0n) is 20.9. The van der Waals surface area contributed by atoms with Gasteiger partial charge >= 0.3 is 0 Å². The molecule has 1 aliphatic rings. The highest BCUT2D eigenvalue weighted by Crippen LogP contribution is 2.37. The van der Waals surface area contributed by atoms with Crippen LogP contribution in [0.1, 0.15) is 18.1 Å². The number of rotatable bonds is 9. The largest absolute Gasteiger partial charge is 0.494 e. The number of nitrogens with zero attached hydrogens (tertiary/aromatic N) is 1. The van der Waals surface area contributed by atoms with Crippen molar-refractivity contribution in [2.24, 2.45) is 0 Å². The maximum absolute atomic E-state index is 13.1. The summed E-state index contributed by atoms with van der Waals surface area (Å²) in [5, 5.41) is 3.36. The molecule has 0 atom stereocenters. The standard InChI is InChI=1S/C28H25ClN2O5S2/c1-4-35-20-11-9-19(10-12-20)31-27(33)25(38-28(31)37)15-18-8-13-23(24(14-18)34-3)36-16-26(32)30-22-7-5-6-21(29)17(22)2/h5-15H,4,16H2,1-3H3,(H,30,32)/b25-15-. The van der Waals surface area contributed by atoms with Gasteiger partial charge in [0.2, 0.25) is 0 Å². The predicted molar refractivity (Wildman–Crippen MR) is 157 cm³/mol. The van der Waals surface area contributed by atoms with E-state index in [-0.39, 0.29) is 18.4 Å². The fraction of sp³-hybridized carbons (Fsp3) is 0.179. The molecule has 2 amide bonds. The van der Waals surface area contributed by atoms with E-state index >= 15 is 0 Å². The van der Waals surface area contributed by atoms with Crippen LogP contribution in [0.5, 0.6) is 17.2 Å². The Bertz CT molecular complexity index is 1410. The van der Waals surface area contributed by atoms with Gasteiger partial charge < -0.3 is 19.5 Å². The lowest BCUT2D eigenvalue weighted by Crippen LogP contribution is -2.27. The van der Waals surface area contributed by atoms with Crippen molar-refractivity contribution < 1.29 is 23.8 Å².